The summed E-state index contributed by atoms with van der Waals surface area (Å²) < 4.78 is 7.72. The molecule has 0 saturated carbocycles. The molecule has 32 heavy (non-hydrogen) atoms. The highest BCUT2D eigenvalue weighted by Crippen LogP contribution is 2.58. The molecule has 2 heterocycles. The zero-order valence-electron chi connectivity index (χ0n) is 18.4. The van der Waals surface area contributed by atoms with Gasteiger partial charge in [0, 0.05) is 11.6 Å². The number of ether oxygens (including phenoxy) is 1. The Bertz CT molecular complexity index is 1400. The fourth-order valence-corrected chi connectivity index (χ4v) is 4.67. The number of carbonyl (C=O) groups excluding carboxylic acids is 2. The van der Waals surface area contributed by atoms with Gasteiger partial charge in [-0.25, -0.2) is 4.68 Å². The predicted octanol–water partition coefficient (Wildman–Crippen LogP) is 4.30. The van der Waals surface area contributed by atoms with Crippen LogP contribution in [0.15, 0.2) is 30.0 Å². The van der Waals surface area contributed by atoms with Crippen LogP contribution in [-0.2, 0) is 5.41 Å². The summed E-state index contributed by atoms with van der Waals surface area (Å²) >= 11 is 0. The highest BCUT2D eigenvalue weighted by molar-refractivity contribution is 6.14. The van der Waals surface area contributed by atoms with Gasteiger partial charge in [0.15, 0.2) is 11.6 Å². The molecule has 7 nitrogen and oxygen atoms in total. The van der Waals surface area contributed by atoms with E-state index in [0.29, 0.717) is 17.0 Å². The van der Waals surface area contributed by atoms with Crippen molar-refractivity contribution in [1.82, 2.24) is 9.78 Å². The van der Waals surface area contributed by atoms with Gasteiger partial charge in [-0.2, -0.15) is 5.10 Å². The predicted molar refractivity (Wildman–Crippen MR) is 118 cm³/mol. The van der Waals surface area contributed by atoms with E-state index in [1.165, 1.54) is 13.8 Å². The second kappa shape index (κ2) is 6.32. The van der Waals surface area contributed by atoms with E-state index >= 15 is 0 Å². The number of aryl methyl sites for hydroxylation is 2. The number of nitrogens with zero attached hydrogens (tertiary/aromatic N) is 2. The van der Waals surface area contributed by atoms with E-state index in [9.17, 15) is 19.8 Å². The van der Waals surface area contributed by atoms with E-state index in [0.717, 1.165) is 11.3 Å². The van der Waals surface area contributed by atoms with Crippen LogP contribution in [-0.4, -0.2) is 31.6 Å². The van der Waals surface area contributed by atoms with Crippen LogP contribution in [0.3, 0.4) is 0 Å². The summed E-state index contributed by atoms with van der Waals surface area (Å²) in [5.41, 5.74) is 2.39. The minimum atomic E-state index is -1.35. The standard InChI is InChI=1S/C25H22N2O5/c1-11-6-8-15(9-7-11)27-16-10-17-25(5,24(31)18(16)13(3)26-27)20-22(30)12(2)21(29)19(14(4)28)23(20)32-17/h6-10,29-30H,1-5H3/t25-/m1/s1. The largest absolute Gasteiger partial charge is 0.507 e. The number of aromatic hydroxyl groups is 2. The number of phenolic OH excluding ortho intramolecular Hbond substituents is 2. The van der Waals surface area contributed by atoms with Crippen molar-refractivity contribution in [2.45, 2.75) is 40.0 Å². The maximum atomic E-state index is 13.9. The number of benzene rings is 2. The molecule has 2 aliphatic rings. The Balaban J connectivity index is 1.80. The third kappa shape index (κ3) is 2.33. The fourth-order valence-electron chi connectivity index (χ4n) is 4.67. The summed E-state index contributed by atoms with van der Waals surface area (Å²) in [7, 11) is 0. The van der Waals surface area contributed by atoms with Crippen LogP contribution >= 0.6 is 0 Å². The number of allylic oxidation sites excluding steroid dienone is 1. The maximum absolute atomic E-state index is 13.9. The van der Waals surface area contributed by atoms with E-state index in [2.05, 4.69) is 5.10 Å². The number of hydrogen-bond acceptors (Lipinski definition) is 6. The molecular weight excluding hydrogens is 408 g/mol. The average molecular weight is 430 g/mol. The topological polar surface area (TPSA) is 102 Å². The molecule has 162 valence electrons. The summed E-state index contributed by atoms with van der Waals surface area (Å²) in [6, 6.07) is 7.77. The zero-order chi connectivity index (χ0) is 23.1. The van der Waals surface area contributed by atoms with Gasteiger partial charge in [-0.15, -0.1) is 0 Å². The van der Waals surface area contributed by atoms with Crippen molar-refractivity contribution in [3.8, 4) is 22.9 Å². The van der Waals surface area contributed by atoms with E-state index in [1.807, 2.05) is 31.2 Å². The highest BCUT2D eigenvalue weighted by atomic mass is 16.5. The number of carbonyl (C=O) groups is 2. The minimum absolute atomic E-state index is 0.0258. The average Bonchev–Trinajstić information content (AvgIpc) is 3.22. The van der Waals surface area contributed by atoms with Crippen LogP contribution < -0.4 is 4.74 Å². The van der Waals surface area contributed by atoms with Crippen LogP contribution in [0.4, 0.5) is 0 Å². The number of aromatic nitrogens is 2. The lowest BCUT2D eigenvalue weighted by Crippen LogP contribution is -2.36. The Morgan fingerprint density at radius 1 is 1.09 bits per heavy atom. The second-order valence-corrected chi connectivity index (χ2v) is 8.62. The van der Waals surface area contributed by atoms with Gasteiger partial charge in [0.25, 0.3) is 0 Å². The summed E-state index contributed by atoms with van der Waals surface area (Å²) in [5.74, 6) is -0.998. The Morgan fingerprint density at radius 2 is 1.75 bits per heavy atom. The van der Waals surface area contributed by atoms with E-state index in [4.69, 9.17) is 4.74 Å². The Morgan fingerprint density at radius 3 is 2.38 bits per heavy atom. The van der Waals surface area contributed by atoms with Crippen molar-refractivity contribution in [2.75, 3.05) is 0 Å². The van der Waals surface area contributed by atoms with Crippen molar-refractivity contribution in [3.63, 3.8) is 0 Å². The molecule has 2 N–H and O–H groups in total. The van der Waals surface area contributed by atoms with Gasteiger partial charge in [0.2, 0.25) is 0 Å². The number of rotatable bonds is 2. The number of Topliss-reactive ketones (excluding diaryl/α,β-unsaturated/α-hetero) is 2. The summed E-state index contributed by atoms with van der Waals surface area (Å²) in [6.45, 7) is 8.23. The van der Waals surface area contributed by atoms with Crippen LogP contribution in [0.25, 0.3) is 11.8 Å². The third-order valence-electron chi connectivity index (χ3n) is 6.52. The fraction of sp³-hybridized carbons (Fsp3) is 0.240. The van der Waals surface area contributed by atoms with Gasteiger partial charge in [-0.3, -0.25) is 9.59 Å². The molecule has 1 aliphatic heterocycles. The molecular formula is C25H22N2O5. The molecule has 0 unspecified atom stereocenters. The second-order valence-electron chi connectivity index (χ2n) is 8.62. The maximum Gasteiger partial charge on any atom is 0.185 e. The Hall–Kier alpha value is -3.87. The van der Waals surface area contributed by atoms with Crippen LogP contribution in [0.1, 0.15) is 62.6 Å². The van der Waals surface area contributed by atoms with Gasteiger partial charge < -0.3 is 14.9 Å². The molecule has 2 aromatic carbocycles. The molecule has 0 spiro atoms. The minimum Gasteiger partial charge on any atom is -0.507 e. The number of ketones is 2. The first-order chi connectivity index (χ1) is 15.1. The van der Waals surface area contributed by atoms with Crippen molar-refractivity contribution < 1.29 is 24.5 Å². The first-order valence-corrected chi connectivity index (χ1v) is 10.3. The van der Waals surface area contributed by atoms with Crippen molar-refractivity contribution >= 4 is 17.6 Å². The van der Waals surface area contributed by atoms with Gasteiger partial charge in [-0.1, -0.05) is 17.7 Å². The quantitative estimate of drug-likeness (QED) is 0.588. The van der Waals surface area contributed by atoms with Gasteiger partial charge >= 0.3 is 0 Å². The van der Waals surface area contributed by atoms with Crippen molar-refractivity contribution in [3.05, 3.63) is 69.2 Å². The molecule has 0 amide bonds. The first-order valence-electron chi connectivity index (χ1n) is 10.3. The molecule has 0 fully saturated rings. The first kappa shape index (κ1) is 20.1. The van der Waals surface area contributed by atoms with Gasteiger partial charge in [0.1, 0.15) is 34.0 Å². The molecule has 1 aliphatic carbocycles. The lowest BCUT2D eigenvalue weighted by atomic mass is 9.71. The summed E-state index contributed by atoms with van der Waals surface area (Å²) in [6.07, 6.45) is 1.73. The molecule has 1 atom stereocenters. The van der Waals surface area contributed by atoms with Crippen molar-refractivity contribution in [2.24, 2.45) is 0 Å². The van der Waals surface area contributed by atoms with E-state index < -0.39 is 11.2 Å². The third-order valence-corrected chi connectivity index (χ3v) is 6.52. The number of hydrogen-bond donors (Lipinski definition) is 2. The SMILES string of the molecule is CC(=O)c1c(O)c(C)c(O)c2c1OC1=Cc3c(c(C)nn3-c3ccc(C)cc3)C(=O)[C@]12C. The lowest BCUT2D eigenvalue weighted by Gasteiger charge is -2.27. The van der Waals surface area contributed by atoms with E-state index in [-0.39, 0.29) is 45.5 Å². The molecule has 5 rings (SSSR count). The molecule has 0 radical (unpaired) electrons. The normalized spacial score (nSPS) is 18.5. The Kier molecular flexibility index (Phi) is 3.96. The molecule has 0 saturated heterocycles. The number of phenols is 2. The zero-order valence-corrected chi connectivity index (χ0v) is 18.4. The van der Waals surface area contributed by atoms with E-state index in [1.54, 1.807) is 24.6 Å². The molecule has 1 aromatic heterocycles. The van der Waals surface area contributed by atoms with Crippen molar-refractivity contribution in [1.29, 1.82) is 0 Å². The molecule has 0 bridgehead atoms. The van der Waals surface area contributed by atoms with Gasteiger partial charge in [0.05, 0.1) is 28.2 Å². The lowest BCUT2D eigenvalue weighted by molar-refractivity contribution is 0.0905. The highest BCUT2D eigenvalue weighted by Gasteiger charge is 2.55. The van der Waals surface area contributed by atoms with Crippen LogP contribution in [0.5, 0.6) is 17.2 Å². The van der Waals surface area contributed by atoms with Gasteiger partial charge in [-0.05, 0) is 46.8 Å². The molecule has 3 aromatic rings. The van der Waals surface area contributed by atoms with Crippen LogP contribution in [0, 0.1) is 20.8 Å². The summed E-state index contributed by atoms with van der Waals surface area (Å²) in [4.78, 5) is 26.2. The Labute approximate surface area is 184 Å². The number of fused-ring (bicyclic) bond motifs is 4. The monoisotopic (exact) mass is 430 g/mol. The smallest absolute Gasteiger partial charge is 0.185 e. The van der Waals surface area contributed by atoms with Crippen LogP contribution in [0.2, 0.25) is 0 Å². The molecule has 7 heteroatoms. The summed E-state index contributed by atoms with van der Waals surface area (Å²) in [5, 5.41) is 26.0.